The van der Waals surface area contributed by atoms with Crippen molar-refractivity contribution in [1.82, 2.24) is 15.0 Å². The van der Waals surface area contributed by atoms with E-state index in [0.29, 0.717) is 18.8 Å². The van der Waals surface area contributed by atoms with Crippen molar-refractivity contribution in [2.75, 3.05) is 26.2 Å². The highest BCUT2D eigenvalue weighted by atomic mass is 35.5. The number of aromatic nitrogens is 1. The molecule has 1 aromatic carbocycles. The summed E-state index contributed by atoms with van der Waals surface area (Å²) in [5.74, 6) is -0.609. The summed E-state index contributed by atoms with van der Waals surface area (Å²) in [6.45, 7) is 2.84. The Balaban J connectivity index is 1.69. The number of halogens is 1. The first-order valence-electron chi connectivity index (χ1n) is 7.82. The van der Waals surface area contributed by atoms with Gasteiger partial charge in [-0.1, -0.05) is 16.8 Å². The molecule has 1 aliphatic rings. The van der Waals surface area contributed by atoms with Gasteiger partial charge >= 0.3 is 0 Å². The van der Waals surface area contributed by atoms with Crippen molar-refractivity contribution in [3.8, 4) is 0 Å². The Labute approximate surface area is 153 Å². The van der Waals surface area contributed by atoms with Crippen molar-refractivity contribution >= 4 is 29.1 Å². The molecule has 1 aromatic heterocycles. The van der Waals surface area contributed by atoms with E-state index in [2.05, 4.69) is 5.16 Å². The first kappa shape index (κ1) is 17.9. The van der Waals surface area contributed by atoms with Gasteiger partial charge < -0.3 is 14.3 Å². The molecule has 0 saturated carbocycles. The molecule has 1 saturated heterocycles. The summed E-state index contributed by atoms with van der Waals surface area (Å²) in [4.78, 5) is 38.5. The molecule has 0 atom stereocenters. The third-order valence-corrected chi connectivity index (χ3v) is 4.31. The van der Waals surface area contributed by atoms with E-state index in [-0.39, 0.29) is 41.0 Å². The minimum absolute atomic E-state index is 0.0231. The maximum Gasteiger partial charge on any atom is 0.292 e. The molecule has 3 rings (SSSR count). The molecule has 2 heterocycles. The van der Waals surface area contributed by atoms with Crippen LogP contribution in [0.25, 0.3) is 0 Å². The number of nitrogens with zero attached hydrogens (tertiary/aromatic N) is 4. The van der Waals surface area contributed by atoms with Crippen LogP contribution < -0.4 is 0 Å². The molecule has 0 unspecified atom stereocenters. The Kier molecular flexibility index (Phi) is 4.90. The number of carbonyl (C=O) groups excluding carboxylic acids is 2. The van der Waals surface area contributed by atoms with Crippen molar-refractivity contribution in [2.24, 2.45) is 0 Å². The van der Waals surface area contributed by atoms with Crippen molar-refractivity contribution in [3.05, 3.63) is 56.4 Å². The minimum atomic E-state index is -0.634. The van der Waals surface area contributed by atoms with E-state index in [1.54, 1.807) is 17.9 Å². The average Bonchev–Trinajstić information content (AvgIpc) is 3.07. The van der Waals surface area contributed by atoms with Crippen molar-refractivity contribution in [1.29, 1.82) is 0 Å². The number of hydrogen-bond donors (Lipinski definition) is 0. The lowest BCUT2D eigenvalue weighted by atomic mass is 10.1. The fourth-order valence-corrected chi connectivity index (χ4v) is 2.91. The van der Waals surface area contributed by atoms with E-state index in [9.17, 15) is 19.7 Å². The lowest BCUT2D eigenvalue weighted by molar-refractivity contribution is -0.385. The second kappa shape index (κ2) is 7.12. The van der Waals surface area contributed by atoms with Gasteiger partial charge in [-0.15, -0.1) is 0 Å². The summed E-state index contributed by atoms with van der Waals surface area (Å²) in [6.07, 6.45) is 0. The van der Waals surface area contributed by atoms with Gasteiger partial charge in [0.1, 0.15) is 5.56 Å². The summed E-state index contributed by atoms with van der Waals surface area (Å²) in [5.41, 5.74) is 0.250. The van der Waals surface area contributed by atoms with E-state index in [4.69, 9.17) is 16.1 Å². The molecular weight excluding hydrogens is 364 g/mol. The SMILES string of the molecule is Cc1cc(C(=O)N2CCN(C(=O)c3ccc(Cl)cc3[N+](=O)[O-])CC2)on1. The largest absolute Gasteiger partial charge is 0.351 e. The number of benzene rings is 1. The number of amides is 2. The van der Waals surface area contributed by atoms with Gasteiger partial charge in [0, 0.05) is 43.3 Å². The van der Waals surface area contributed by atoms with Crippen molar-refractivity contribution < 1.29 is 19.0 Å². The average molecular weight is 379 g/mol. The third kappa shape index (κ3) is 3.52. The lowest BCUT2D eigenvalue weighted by Crippen LogP contribution is -2.50. The quantitative estimate of drug-likeness (QED) is 0.597. The van der Waals surface area contributed by atoms with E-state index >= 15 is 0 Å². The molecule has 136 valence electrons. The number of aryl methyl sites for hydroxylation is 1. The molecule has 1 aliphatic heterocycles. The van der Waals surface area contributed by atoms with Crippen LogP contribution in [0.15, 0.2) is 28.8 Å². The number of nitro benzene ring substituents is 1. The predicted molar refractivity (Wildman–Crippen MR) is 91.2 cm³/mol. The third-order valence-electron chi connectivity index (χ3n) is 4.08. The smallest absolute Gasteiger partial charge is 0.292 e. The Bertz CT molecular complexity index is 873. The van der Waals surface area contributed by atoms with Crippen molar-refractivity contribution in [3.63, 3.8) is 0 Å². The number of carbonyl (C=O) groups is 2. The summed E-state index contributed by atoms with van der Waals surface area (Å²) in [5, 5.41) is 15.0. The van der Waals surface area contributed by atoms with Gasteiger partial charge in [0.2, 0.25) is 5.76 Å². The van der Waals surface area contributed by atoms with Gasteiger partial charge in [-0.25, -0.2) is 0 Å². The van der Waals surface area contributed by atoms with Crippen LogP contribution >= 0.6 is 11.6 Å². The van der Waals surface area contributed by atoms with Crippen LogP contribution in [-0.4, -0.2) is 57.9 Å². The predicted octanol–water partition coefficient (Wildman–Crippen LogP) is 2.14. The van der Waals surface area contributed by atoms with Crippen molar-refractivity contribution in [2.45, 2.75) is 6.92 Å². The second-order valence-electron chi connectivity index (χ2n) is 5.84. The van der Waals surface area contributed by atoms with Crippen LogP contribution in [0, 0.1) is 17.0 Å². The van der Waals surface area contributed by atoms with Gasteiger partial charge in [-0.2, -0.15) is 0 Å². The summed E-state index contributed by atoms with van der Waals surface area (Å²) < 4.78 is 4.97. The molecular formula is C16H15ClN4O5. The van der Waals surface area contributed by atoms with Gasteiger partial charge in [-0.05, 0) is 19.1 Å². The molecule has 1 fully saturated rings. The summed E-state index contributed by atoms with van der Waals surface area (Å²) in [7, 11) is 0. The monoisotopic (exact) mass is 378 g/mol. The van der Waals surface area contributed by atoms with Gasteiger partial charge in [0.25, 0.3) is 17.5 Å². The molecule has 9 nitrogen and oxygen atoms in total. The zero-order valence-corrected chi connectivity index (χ0v) is 14.6. The van der Waals surface area contributed by atoms with Crippen LogP contribution in [0.5, 0.6) is 0 Å². The molecule has 0 N–H and O–H groups in total. The van der Waals surface area contributed by atoms with E-state index in [0.717, 1.165) is 6.07 Å². The maximum atomic E-state index is 12.6. The van der Waals surface area contributed by atoms with E-state index < -0.39 is 10.8 Å². The normalized spacial score (nSPS) is 14.4. The van der Waals surface area contributed by atoms with E-state index in [1.807, 2.05) is 0 Å². The van der Waals surface area contributed by atoms with E-state index in [1.165, 1.54) is 17.0 Å². The molecule has 0 aliphatic carbocycles. The second-order valence-corrected chi connectivity index (χ2v) is 6.27. The Morgan fingerprint density at radius 1 is 1.15 bits per heavy atom. The molecule has 0 radical (unpaired) electrons. The molecule has 10 heteroatoms. The molecule has 26 heavy (non-hydrogen) atoms. The minimum Gasteiger partial charge on any atom is -0.351 e. The van der Waals surface area contributed by atoms with Crippen LogP contribution in [0.1, 0.15) is 26.6 Å². The fourth-order valence-electron chi connectivity index (χ4n) is 2.74. The fraction of sp³-hybridized carbons (Fsp3) is 0.312. The molecule has 2 aromatic rings. The number of nitro groups is 1. The Morgan fingerprint density at radius 3 is 2.31 bits per heavy atom. The highest BCUT2D eigenvalue weighted by Crippen LogP contribution is 2.25. The summed E-state index contributed by atoms with van der Waals surface area (Å²) >= 11 is 5.78. The highest BCUT2D eigenvalue weighted by Gasteiger charge is 2.30. The highest BCUT2D eigenvalue weighted by molar-refractivity contribution is 6.31. The Morgan fingerprint density at radius 2 is 1.77 bits per heavy atom. The van der Waals surface area contributed by atoms with Crippen LogP contribution in [0.3, 0.4) is 0 Å². The number of piperazine rings is 1. The van der Waals surface area contributed by atoms with Gasteiger partial charge in [-0.3, -0.25) is 19.7 Å². The van der Waals surface area contributed by atoms with Gasteiger partial charge in [0.15, 0.2) is 0 Å². The zero-order chi connectivity index (χ0) is 18.8. The molecule has 0 spiro atoms. The first-order valence-corrected chi connectivity index (χ1v) is 8.20. The van der Waals surface area contributed by atoms with Gasteiger partial charge in [0.05, 0.1) is 10.6 Å². The standard InChI is InChI=1S/C16H15ClN4O5/c1-10-8-14(26-18-10)16(23)20-6-4-19(5-7-20)15(22)12-3-2-11(17)9-13(12)21(24)25/h2-3,8-9H,4-7H2,1H3. The zero-order valence-electron chi connectivity index (χ0n) is 13.8. The summed E-state index contributed by atoms with van der Waals surface area (Å²) in [6, 6.07) is 5.49. The number of rotatable bonds is 3. The van der Waals surface area contributed by atoms with Crippen LogP contribution in [-0.2, 0) is 0 Å². The van der Waals surface area contributed by atoms with Crippen LogP contribution in [0.2, 0.25) is 5.02 Å². The lowest BCUT2D eigenvalue weighted by Gasteiger charge is -2.34. The topological polar surface area (TPSA) is 110 Å². The number of hydrogen-bond acceptors (Lipinski definition) is 6. The molecule has 2 amide bonds. The first-order chi connectivity index (χ1) is 12.4. The van der Waals surface area contributed by atoms with Crippen LogP contribution in [0.4, 0.5) is 5.69 Å². The maximum absolute atomic E-state index is 12.6. The Hall–Kier alpha value is -2.94. The molecule has 0 bridgehead atoms.